The lowest BCUT2D eigenvalue weighted by Crippen LogP contribution is -2.40. The smallest absolute Gasteiger partial charge is 0.248 e. The van der Waals surface area contributed by atoms with Crippen molar-refractivity contribution in [2.75, 3.05) is 18.4 Å². The lowest BCUT2D eigenvalue weighted by Gasteiger charge is -2.31. The van der Waals surface area contributed by atoms with Gasteiger partial charge in [-0.25, -0.2) is 8.78 Å². The molecule has 0 heterocycles. The van der Waals surface area contributed by atoms with E-state index in [1.807, 2.05) is 6.92 Å². The second-order valence-electron chi connectivity index (χ2n) is 4.64. The standard InChI is InChI=1S/C12H20BrF2NO/c1-2-8-16(9-7-13)11(17)10-3-5-12(14,15)6-4-10/h10H,2-9H2,1H3. The Labute approximate surface area is 110 Å². The van der Waals surface area contributed by atoms with Crippen molar-refractivity contribution in [3.8, 4) is 0 Å². The van der Waals surface area contributed by atoms with Crippen LogP contribution < -0.4 is 0 Å². The number of carbonyl (C=O) groups is 1. The lowest BCUT2D eigenvalue weighted by molar-refractivity contribution is -0.139. The minimum Gasteiger partial charge on any atom is -0.342 e. The Balaban J connectivity index is 2.51. The van der Waals surface area contributed by atoms with E-state index in [1.54, 1.807) is 4.90 Å². The minimum absolute atomic E-state index is 0.0572. The van der Waals surface area contributed by atoms with Crippen molar-refractivity contribution in [1.82, 2.24) is 4.90 Å². The van der Waals surface area contributed by atoms with E-state index in [-0.39, 0.29) is 24.7 Å². The summed E-state index contributed by atoms with van der Waals surface area (Å²) >= 11 is 3.32. The van der Waals surface area contributed by atoms with Gasteiger partial charge in [0.1, 0.15) is 0 Å². The van der Waals surface area contributed by atoms with Crippen LogP contribution in [0.2, 0.25) is 0 Å². The normalized spacial score (nSPS) is 20.2. The molecule has 1 saturated carbocycles. The Morgan fingerprint density at radius 1 is 1.35 bits per heavy atom. The van der Waals surface area contributed by atoms with Crippen LogP contribution in [0.1, 0.15) is 39.0 Å². The van der Waals surface area contributed by atoms with E-state index in [4.69, 9.17) is 0 Å². The van der Waals surface area contributed by atoms with Crippen LogP contribution in [0.4, 0.5) is 8.78 Å². The van der Waals surface area contributed by atoms with E-state index >= 15 is 0 Å². The van der Waals surface area contributed by atoms with Gasteiger partial charge in [-0.15, -0.1) is 0 Å². The van der Waals surface area contributed by atoms with Crippen molar-refractivity contribution in [3.63, 3.8) is 0 Å². The van der Waals surface area contributed by atoms with Gasteiger partial charge in [-0.2, -0.15) is 0 Å². The van der Waals surface area contributed by atoms with Gasteiger partial charge in [-0.3, -0.25) is 4.79 Å². The molecule has 0 atom stereocenters. The Kier molecular flexibility index (Phi) is 5.83. The summed E-state index contributed by atoms with van der Waals surface area (Å²) in [4.78, 5) is 13.9. The molecule has 5 heteroatoms. The van der Waals surface area contributed by atoms with Crippen LogP contribution in [0.3, 0.4) is 0 Å². The average molecular weight is 312 g/mol. The average Bonchev–Trinajstić information content (AvgIpc) is 2.28. The predicted molar refractivity (Wildman–Crippen MR) is 67.6 cm³/mol. The zero-order chi connectivity index (χ0) is 12.9. The maximum Gasteiger partial charge on any atom is 0.248 e. The van der Waals surface area contributed by atoms with Gasteiger partial charge in [0.05, 0.1) is 0 Å². The van der Waals surface area contributed by atoms with Gasteiger partial charge < -0.3 is 4.90 Å². The number of nitrogens with zero attached hydrogens (tertiary/aromatic N) is 1. The van der Waals surface area contributed by atoms with Crippen LogP contribution >= 0.6 is 15.9 Å². The van der Waals surface area contributed by atoms with E-state index in [0.29, 0.717) is 19.4 Å². The summed E-state index contributed by atoms with van der Waals surface area (Å²) in [7, 11) is 0. The number of hydrogen-bond donors (Lipinski definition) is 0. The molecule has 0 aliphatic heterocycles. The number of carbonyl (C=O) groups excluding carboxylic acids is 1. The number of hydrogen-bond acceptors (Lipinski definition) is 1. The lowest BCUT2D eigenvalue weighted by atomic mass is 9.86. The van der Waals surface area contributed by atoms with Crippen LogP contribution in [0, 0.1) is 5.92 Å². The maximum absolute atomic E-state index is 13.0. The molecule has 2 nitrogen and oxygen atoms in total. The Morgan fingerprint density at radius 3 is 2.41 bits per heavy atom. The zero-order valence-electron chi connectivity index (χ0n) is 10.2. The topological polar surface area (TPSA) is 20.3 Å². The van der Waals surface area contributed by atoms with Gasteiger partial charge >= 0.3 is 0 Å². The first-order valence-corrected chi connectivity index (χ1v) is 7.35. The summed E-state index contributed by atoms with van der Waals surface area (Å²) in [6.45, 7) is 3.40. The fraction of sp³-hybridized carbons (Fsp3) is 0.917. The van der Waals surface area contributed by atoms with Crippen molar-refractivity contribution in [3.05, 3.63) is 0 Å². The van der Waals surface area contributed by atoms with E-state index in [1.165, 1.54) is 0 Å². The van der Waals surface area contributed by atoms with Crippen LogP contribution in [-0.4, -0.2) is 35.1 Å². The van der Waals surface area contributed by atoms with Crippen LogP contribution in [0.25, 0.3) is 0 Å². The van der Waals surface area contributed by atoms with Crippen LogP contribution in [-0.2, 0) is 4.79 Å². The molecule has 1 aliphatic carbocycles. The third-order valence-electron chi connectivity index (χ3n) is 3.23. The molecular formula is C12H20BrF2NO. The molecule has 0 spiro atoms. The molecule has 1 amide bonds. The predicted octanol–water partition coefficient (Wildman–Crippen LogP) is 3.45. The SMILES string of the molecule is CCCN(CCBr)C(=O)C1CCC(F)(F)CC1. The maximum atomic E-state index is 13.0. The monoisotopic (exact) mass is 311 g/mol. The highest BCUT2D eigenvalue weighted by molar-refractivity contribution is 9.09. The van der Waals surface area contributed by atoms with Crippen LogP contribution in [0.15, 0.2) is 0 Å². The number of amides is 1. The first kappa shape index (κ1) is 14.9. The van der Waals surface area contributed by atoms with E-state index in [0.717, 1.165) is 18.3 Å². The summed E-state index contributed by atoms with van der Waals surface area (Å²) in [6.07, 6.45) is 1.28. The molecule has 0 aromatic rings. The molecule has 100 valence electrons. The quantitative estimate of drug-likeness (QED) is 0.712. The van der Waals surface area contributed by atoms with Crippen molar-refractivity contribution in [2.24, 2.45) is 5.92 Å². The van der Waals surface area contributed by atoms with E-state index < -0.39 is 5.92 Å². The van der Waals surface area contributed by atoms with E-state index in [9.17, 15) is 13.6 Å². The molecule has 0 aromatic carbocycles. The molecule has 0 unspecified atom stereocenters. The molecule has 0 radical (unpaired) electrons. The third-order valence-corrected chi connectivity index (χ3v) is 3.58. The van der Waals surface area contributed by atoms with Gasteiger partial charge in [-0.1, -0.05) is 22.9 Å². The first-order valence-electron chi connectivity index (χ1n) is 6.22. The summed E-state index contributed by atoms with van der Waals surface area (Å²) in [5.41, 5.74) is 0. The van der Waals surface area contributed by atoms with Crippen molar-refractivity contribution >= 4 is 21.8 Å². The molecule has 0 bridgehead atoms. The molecule has 1 rings (SSSR count). The molecule has 0 saturated heterocycles. The molecule has 1 aliphatic rings. The van der Waals surface area contributed by atoms with Crippen molar-refractivity contribution < 1.29 is 13.6 Å². The van der Waals surface area contributed by atoms with Crippen molar-refractivity contribution in [2.45, 2.75) is 45.0 Å². The van der Waals surface area contributed by atoms with E-state index in [2.05, 4.69) is 15.9 Å². The Hall–Kier alpha value is -0.190. The third kappa shape index (κ3) is 4.53. The highest BCUT2D eigenvalue weighted by Gasteiger charge is 2.38. The molecule has 0 aromatic heterocycles. The summed E-state index contributed by atoms with van der Waals surface area (Å²) in [5, 5.41) is 0.738. The molecule has 17 heavy (non-hydrogen) atoms. The Bertz CT molecular complexity index is 245. The Morgan fingerprint density at radius 2 is 1.94 bits per heavy atom. The van der Waals surface area contributed by atoms with Gasteiger partial charge in [-0.05, 0) is 19.3 Å². The number of rotatable bonds is 5. The second-order valence-corrected chi connectivity index (χ2v) is 5.44. The minimum atomic E-state index is -2.55. The fourth-order valence-corrected chi connectivity index (χ4v) is 2.68. The van der Waals surface area contributed by atoms with Gasteiger partial charge in [0, 0.05) is 37.2 Å². The summed E-state index contributed by atoms with van der Waals surface area (Å²) in [5.74, 6) is -2.69. The zero-order valence-corrected chi connectivity index (χ0v) is 11.8. The van der Waals surface area contributed by atoms with Gasteiger partial charge in [0.2, 0.25) is 11.8 Å². The first-order chi connectivity index (χ1) is 8.00. The molecule has 1 fully saturated rings. The van der Waals surface area contributed by atoms with Crippen molar-refractivity contribution in [1.29, 1.82) is 0 Å². The second kappa shape index (κ2) is 6.66. The van der Waals surface area contributed by atoms with Gasteiger partial charge in [0.15, 0.2) is 0 Å². The highest BCUT2D eigenvalue weighted by atomic mass is 79.9. The van der Waals surface area contributed by atoms with Crippen LogP contribution in [0.5, 0.6) is 0 Å². The van der Waals surface area contributed by atoms with Gasteiger partial charge in [0.25, 0.3) is 0 Å². The fourth-order valence-electron chi connectivity index (χ4n) is 2.25. The largest absolute Gasteiger partial charge is 0.342 e. The molecule has 0 N–H and O–H groups in total. The highest BCUT2D eigenvalue weighted by Crippen LogP contribution is 2.36. The number of alkyl halides is 3. The summed E-state index contributed by atoms with van der Waals surface area (Å²) in [6, 6.07) is 0. The number of halogens is 3. The summed E-state index contributed by atoms with van der Waals surface area (Å²) < 4.78 is 26.0. The molecular weight excluding hydrogens is 292 g/mol.